The Labute approximate surface area is 230 Å². The summed E-state index contributed by atoms with van der Waals surface area (Å²) in [4.78, 5) is 38.8. The summed E-state index contributed by atoms with van der Waals surface area (Å²) in [5, 5.41) is 1.03. The number of nitrogens with zero attached hydrogens (tertiary/aromatic N) is 3. The Bertz CT molecular complexity index is 1160. The van der Waals surface area contributed by atoms with Crippen LogP contribution in [0.5, 0.6) is 0 Å². The Morgan fingerprint density at radius 1 is 1.10 bits per heavy atom. The number of aliphatic imine (C=N–C) groups is 1. The van der Waals surface area contributed by atoms with Crippen LogP contribution in [0.4, 0.5) is 0 Å². The zero-order valence-electron chi connectivity index (χ0n) is 23.9. The van der Waals surface area contributed by atoms with Crippen molar-refractivity contribution in [1.82, 2.24) is 9.88 Å². The van der Waals surface area contributed by atoms with Crippen molar-refractivity contribution in [2.45, 2.75) is 85.4 Å². The molecule has 9 heteroatoms. The van der Waals surface area contributed by atoms with Crippen molar-refractivity contribution in [2.75, 3.05) is 19.8 Å². The van der Waals surface area contributed by atoms with E-state index in [1.54, 1.807) is 11.8 Å². The molecule has 0 fully saturated rings. The molecule has 39 heavy (non-hydrogen) atoms. The minimum Gasteiger partial charge on any atom is -0.477 e. The van der Waals surface area contributed by atoms with Crippen LogP contribution in [0.1, 0.15) is 65.6 Å². The molecule has 1 amide bonds. The maximum atomic E-state index is 14.5. The third-order valence-electron chi connectivity index (χ3n) is 7.11. The van der Waals surface area contributed by atoms with E-state index in [2.05, 4.69) is 6.07 Å². The number of carbonyl (C=O) groups excluding carboxylic acids is 2. The number of rotatable bonds is 11. The first-order valence-electron chi connectivity index (χ1n) is 14.0. The standard InChI is InChI=1S/C30H41N3O6/c1-7-36-25(34)15-22(29(37-8-2)38-9-3)26(27-32-30(5,6)16-19(4)39-27)28(35)33-17-21-14-20-12-10-11-13-23(20)31-24(21)18-33/h10-14,19,22,26,29H,7-9,15-18H2,1-6H3. The predicted molar refractivity (Wildman–Crippen MR) is 148 cm³/mol. The molecular weight excluding hydrogens is 498 g/mol. The minimum absolute atomic E-state index is 0.0744. The molecule has 0 aliphatic carbocycles. The number of ether oxygens (including phenoxy) is 4. The molecule has 0 saturated carbocycles. The largest absolute Gasteiger partial charge is 0.477 e. The number of esters is 1. The van der Waals surface area contributed by atoms with Gasteiger partial charge < -0.3 is 23.8 Å². The van der Waals surface area contributed by atoms with Crippen molar-refractivity contribution in [1.29, 1.82) is 0 Å². The molecular formula is C30H41N3O6. The summed E-state index contributed by atoms with van der Waals surface area (Å²) in [6, 6.07) is 10.0. The number of para-hydroxylation sites is 1. The van der Waals surface area contributed by atoms with Crippen LogP contribution in [0.15, 0.2) is 35.3 Å². The number of carbonyl (C=O) groups is 2. The lowest BCUT2D eigenvalue weighted by atomic mass is 9.85. The third-order valence-corrected chi connectivity index (χ3v) is 7.11. The lowest BCUT2D eigenvalue weighted by Crippen LogP contribution is -2.50. The van der Waals surface area contributed by atoms with Gasteiger partial charge in [-0.25, -0.2) is 4.99 Å². The van der Waals surface area contributed by atoms with E-state index in [1.807, 2.05) is 58.9 Å². The zero-order chi connectivity index (χ0) is 28.2. The smallest absolute Gasteiger partial charge is 0.306 e. The lowest BCUT2D eigenvalue weighted by Gasteiger charge is -2.39. The molecule has 2 aliphatic rings. The number of hydrogen-bond acceptors (Lipinski definition) is 8. The molecule has 1 aromatic carbocycles. The van der Waals surface area contributed by atoms with Crippen LogP contribution < -0.4 is 0 Å². The van der Waals surface area contributed by atoms with E-state index in [-0.39, 0.29) is 25.0 Å². The number of pyridine rings is 1. The second-order valence-corrected chi connectivity index (χ2v) is 10.8. The van der Waals surface area contributed by atoms with Crippen molar-refractivity contribution in [2.24, 2.45) is 16.8 Å². The molecule has 0 N–H and O–H groups in total. The Kier molecular flexibility index (Phi) is 9.23. The van der Waals surface area contributed by atoms with Gasteiger partial charge in [-0.15, -0.1) is 0 Å². The fraction of sp³-hybridized carbons (Fsp3) is 0.600. The molecule has 3 unspecified atom stereocenters. The van der Waals surface area contributed by atoms with Gasteiger partial charge in [0.05, 0.1) is 42.4 Å². The van der Waals surface area contributed by atoms with E-state index in [9.17, 15) is 9.59 Å². The van der Waals surface area contributed by atoms with Crippen LogP contribution in [0.25, 0.3) is 10.9 Å². The SMILES string of the molecule is CCOC(=O)CC(C(OCC)OCC)C(C(=O)N1Cc2cc3ccccc3nc2C1)C1=NC(C)(C)CC(C)O1. The van der Waals surface area contributed by atoms with Gasteiger partial charge in [0.15, 0.2) is 12.2 Å². The number of hydrogen-bond donors (Lipinski definition) is 0. The number of amides is 1. The predicted octanol–water partition coefficient (Wildman–Crippen LogP) is 4.65. The number of benzene rings is 1. The number of aromatic nitrogens is 1. The van der Waals surface area contributed by atoms with Gasteiger partial charge in [0.2, 0.25) is 5.91 Å². The van der Waals surface area contributed by atoms with E-state index < -0.39 is 29.6 Å². The van der Waals surface area contributed by atoms with Crippen LogP contribution in [0, 0.1) is 11.8 Å². The molecule has 0 spiro atoms. The fourth-order valence-corrected chi connectivity index (χ4v) is 5.61. The molecule has 0 bridgehead atoms. The highest BCUT2D eigenvalue weighted by Gasteiger charge is 2.47. The van der Waals surface area contributed by atoms with Gasteiger partial charge in [-0.2, -0.15) is 0 Å². The molecule has 0 radical (unpaired) electrons. The van der Waals surface area contributed by atoms with E-state index in [4.69, 9.17) is 28.9 Å². The normalized spacial score (nSPS) is 19.8. The second-order valence-electron chi connectivity index (χ2n) is 10.8. The molecule has 9 nitrogen and oxygen atoms in total. The number of fused-ring (bicyclic) bond motifs is 2. The zero-order valence-corrected chi connectivity index (χ0v) is 23.9. The molecule has 4 rings (SSSR count). The topological polar surface area (TPSA) is 99.6 Å². The molecule has 3 atom stereocenters. The highest BCUT2D eigenvalue weighted by Crippen LogP contribution is 2.35. The van der Waals surface area contributed by atoms with Crippen molar-refractivity contribution in [3.05, 3.63) is 41.6 Å². The molecule has 0 saturated heterocycles. The Morgan fingerprint density at radius 3 is 2.49 bits per heavy atom. The van der Waals surface area contributed by atoms with Crippen LogP contribution in [-0.4, -0.2) is 65.4 Å². The second kappa shape index (κ2) is 12.4. The maximum absolute atomic E-state index is 14.5. The van der Waals surface area contributed by atoms with Crippen molar-refractivity contribution < 1.29 is 28.5 Å². The summed E-state index contributed by atoms with van der Waals surface area (Å²) in [6.07, 6.45) is -0.330. The Morgan fingerprint density at radius 2 is 1.82 bits per heavy atom. The van der Waals surface area contributed by atoms with Gasteiger partial charge in [0.1, 0.15) is 5.92 Å². The van der Waals surface area contributed by atoms with Gasteiger partial charge in [-0.3, -0.25) is 14.6 Å². The third kappa shape index (κ3) is 6.76. The maximum Gasteiger partial charge on any atom is 0.306 e. The fourth-order valence-electron chi connectivity index (χ4n) is 5.61. The molecule has 212 valence electrons. The van der Waals surface area contributed by atoms with E-state index in [0.29, 0.717) is 38.6 Å². The van der Waals surface area contributed by atoms with Crippen LogP contribution in [0.3, 0.4) is 0 Å². The van der Waals surface area contributed by atoms with Crippen molar-refractivity contribution >= 4 is 28.7 Å². The van der Waals surface area contributed by atoms with E-state index in [1.165, 1.54) is 0 Å². The lowest BCUT2D eigenvalue weighted by molar-refractivity contribution is -0.186. The van der Waals surface area contributed by atoms with Gasteiger partial charge in [0.25, 0.3) is 0 Å². The van der Waals surface area contributed by atoms with Crippen LogP contribution in [-0.2, 0) is 41.6 Å². The highest BCUT2D eigenvalue weighted by atomic mass is 16.7. The van der Waals surface area contributed by atoms with Gasteiger partial charge in [0, 0.05) is 37.5 Å². The summed E-state index contributed by atoms with van der Waals surface area (Å²) < 4.78 is 23.5. The van der Waals surface area contributed by atoms with Crippen LogP contribution >= 0.6 is 0 Å². The molecule has 1 aromatic heterocycles. The van der Waals surface area contributed by atoms with E-state index in [0.717, 1.165) is 22.2 Å². The summed E-state index contributed by atoms with van der Waals surface area (Å²) in [7, 11) is 0. The average Bonchev–Trinajstić information content (AvgIpc) is 3.28. The van der Waals surface area contributed by atoms with Gasteiger partial charge in [-0.05, 0) is 59.2 Å². The Balaban J connectivity index is 1.75. The summed E-state index contributed by atoms with van der Waals surface area (Å²) in [5.74, 6) is -1.91. The first-order chi connectivity index (χ1) is 18.7. The van der Waals surface area contributed by atoms with Crippen LogP contribution in [0.2, 0.25) is 0 Å². The average molecular weight is 540 g/mol. The van der Waals surface area contributed by atoms with Crippen molar-refractivity contribution in [3.8, 4) is 0 Å². The monoisotopic (exact) mass is 539 g/mol. The summed E-state index contributed by atoms with van der Waals surface area (Å²) in [6.45, 7) is 13.2. The Hall–Kier alpha value is -3.04. The first-order valence-corrected chi connectivity index (χ1v) is 14.0. The van der Waals surface area contributed by atoms with Crippen molar-refractivity contribution in [3.63, 3.8) is 0 Å². The highest BCUT2D eigenvalue weighted by molar-refractivity contribution is 6.01. The quantitative estimate of drug-likeness (QED) is 0.303. The summed E-state index contributed by atoms with van der Waals surface area (Å²) >= 11 is 0. The molecule has 3 heterocycles. The minimum atomic E-state index is -0.900. The van der Waals surface area contributed by atoms with E-state index >= 15 is 0 Å². The first kappa shape index (κ1) is 29.0. The molecule has 2 aliphatic heterocycles. The summed E-state index contributed by atoms with van der Waals surface area (Å²) in [5.41, 5.74) is 2.34. The molecule has 2 aromatic rings. The van der Waals surface area contributed by atoms with Gasteiger partial charge in [-0.1, -0.05) is 18.2 Å². The van der Waals surface area contributed by atoms with Gasteiger partial charge >= 0.3 is 5.97 Å².